The summed E-state index contributed by atoms with van der Waals surface area (Å²) in [5.41, 5.74) is 3.32. The Morgan fingerprint density at radius 2 is 1.73 bits per heavy atom. The van der Waals surface area contributed by atoms with Crippen LogP contribution in [-0.2, 0) is 17.9 Å². The maximum atomic E-state index is 13.1. The molecule has 0 amide bonds. The number of hydrogen-bond acceptors (Lipinski definition) is 4. The molecule has 0 saturated heterocycles. The van der Waals surface area contributed by atoms with E-state index in [9.17, 15) is 9.90 Å². The third-order valence-electron chi connectivity index (χ3n) is 5.38. The minimum absolute atomic E-state index is 0.176. The topological polar surface area (TPSA) is 51.5 Å². The Bertz CT molecular complexity index is 1200. The first-order valence-electron chi connectivity index (χ1n) is 10.1. The zero-order valence-corrected chi connectivity index (χ0v) is 18.0. The molecule has 0 radical (unpaired) electrons. The molecule has 30 heavy (non-hydrogen) atoms. The zero-order valence-electron chi connectivity index (χ0n) is 17.2. The van der Waals surface area contributed by atoms with Crippen LogP contribution in [0.4, 0.5) is 0 Å². The molecule has 0 unspecified atom stereocenters. The van der Waals surface area contributed by atoms with Crippen LogP contribution in [0.25, 0.3) is 21.7 Å². The molecule has 5 heteroatoms. The second-order valence-corrected chi connectivity index (χ2v) is 8.60. The molecule has 4 nitrogen and oxygen atoms in total. The maximum Gasteiger partial charge on any atom is 0.340 e. The van der Waals surface area contributed by atoms with E-state index in [-0.39, 0.29) is 18.3 Å². The molecule has 154 valence electrons. The van der Waals surface area contributed by atoms with E-state index in [1.165, 1.54) is 0 Å². The van der Waals surface area contributed by atoms with E-state index < -0.39 is 0 Å². The number of aromatic hydroxyl groups is 1. The van der Waals surface area contributed by atoms with Crippen LogP contribution in [0, 0.1) is 6.92 Å². The van der Waals surface area contributed by atoms with Gasteiger partial charge in [-0.05, 0) is 24.3 Å². The number of rotatable bonds is 7. The van der Waals surface area contributed by atoms with Crippen LogP contribution in [0.2, 0.25) is 0 Å². The number of aromatic nitrogens is 1. The normalized spacial score (nSPS) is 11.3. The van der Waals surface area contributed by atoms with E-state index in [4.69, 9.17) is 4.74 Å². The van der Waals surface area contributed by atoms with E-state index in [0.29, 0.717) is 5.56 Å². The van der Waals surface area contributed by atoms with Gasteiger partial charge in [0, 0.05) is 34.2 Å². The number of thioether (sulfide) groups is 1. The quantitative estimate of drug-likeness (QED) is 0.298. The summed E-state index contributed by atoms with van der Waals surface area (Å²) >= 11 is 1.87. The van der Waals surface area contributed by atoms with Gasteiger partial charge in [-0.1, -0.05) is 61.5 Å². The van der Waals surface area contributed by atoms with E-state index in [1.54, 1.807) is 6.07 Å². The highest BCUT2D eigenvalue weighted by atomic mass is 32.2. The van der Waals surface area contributed by atoms with Crippen molar-refractivity contribution in [2.45, 2.75) is 27.0 Å². The zero-order chi connectivity index (χ0) is 21.1. The summed E-state index contributed by atoms with van der Waals surface area (Å²) in [4.78, 5) is 13.1. The fourth-order valence-electron chi connectivity index (χ4n) is 3.95. The summed E-state index contributed by atoms with van der Waals surface area (Å²) in [6.45, 7) is 5.12. The Morgan fingerprint density at radius 3 is 2.47 bits per heavy atom. The molecule has 1 aromatic heterocycles. The van der Waals surface area contributed by atoms with Crippen molar-refractivity contribution in [2.75, 3.05) is 11.5 Å². The number of hydrogen-bond donors (Lipinski definition) is 1. The second kappa shape index (κ2) is 8.84. The smallest absolute Gasteiger partial charge is 0.340 e. The summed E-state index contributed by atoms with van der Waals surface area (Å²) < 4.78 is 7.85. The molecule has 0 spiro atoms. The van der Waals surface area contributed by atoms with Gasteiger partial charge < -0.3 is 14.4 Å². The van der Waals surface area contributed by atoms with Gasteiger partial charge >= 0.3 is 5.97 Å². The van der Waals surface area contributed by atoms with Crippen molar-refractivity contribution in [2.24, 2.45) is 0 Å². The number of fused-ring (bicyclic) bond motifs is 3. The van der Waals surface area contributed by atoms with Gasteiger partial charge in [0.1, 0.15) is 12.4 Å². The summed E-state index contributed by atoms with van der Waals surface area (Å²) in [5, 5.41) is 13.1. The molecule has 0 saturated carbocycles. The second-order valence-electron chi connectivity index (χ2n) is 7.21. The molecule has 0 fully saturated rings. The predicted molar refractivity (Wildman–Crippen MR) is 124 cm³/mol. The highest BCUT2D eigenvalue weighted by Gasteiger charge is 2.24. The van der Waals surface area contributed by atoms with Crippen molar-refractivity contribution >= 4 is 39.4 Å². The number of nitrogens with zero attached hydrogens (tertiary/aromatic N) is 1. The number of ether oxygens (including phenoxy) is 1. The molecule has 1 N–H and O–H groups in total. The first-order chi connectivity index (χ1) is 14.6. The van der Waals surface area contributed by atoms with Crippen molar-refractivity contribution in [3.8, 4) is 5.75 Å². The van der Waals surface area contributed by atoms with Gasteiger partial charge in [-0.25, -0.2) is 4.79 Å². The SMILES string of the molecule is CCSCCn1c(C)c(C(=O)OCc2ccccc2)c2cc(O)c3ccccc3c21. The van der Waals surface area contributed by atoms with Gasteiger partial charge in [0.15, 0.2) is 0 Å². The van der Waals surface area contributed by atoms with Crippen molar-refractivity contribution in [1.29, 1.82) is 0 Å². The predicted octanol–water partition coefficient (Wildman–Crippen LogP) is 5.92. The van der Waals surface area contributed by atoms with Crippen LogP contribution in [0.3, 0.4) is 0 Å². The van der Waals surface area contributed by atoms with Crippen LogP contribution < -0.4 is 0 Å². The van der Waals surface area contributed by atoms with Gasteiger partial charge in [0.2, 0.25) is 0 Å². The molecule has 0 bridgehead atoms. The highest BCUT2D eigenvalue weighted by Crippen LogP contribution is 2.37. The lowest BCUT2D eigenvalue weighted by Gasteiger charge is -2.10. The fraction of sp³-hybridized carbons (Fsp3) is 0.240. The summed E-state index contributed by atoms with van der Waals surface area (Å²) in [6, 6.07) is 19.1. The number of carbonyl (C=O) groups is 1. The monoisotopic (exact) mass is 419 g/mol. The number of aryl methyl sites for hydroxylation is 1. The van der Waals surface area contributed by atoms with Crippen LogP contribution in [-0.4, -0.2) is 27.1 Å². The molecule has 4 aromatic rings. The number of benzene rings is 3. The van der Waals surface area contributed by atoms with E-state index >= 15 is 0 Å². The maximum absolute atomic E-state index is 13.1. The van der Waals surface area contributed by atoms with Gasteiger partial charge in [-0.15, -0.1) is 0 Å². The molecular formula is C25H25NO3S. The van der Waals surface area contributed by atoms with Crippen molar-refractivity contribution in [3.05, 3.63) is 77.5 Å². The molecule has 0 aliphatic rings. The van der Waals surface area contributed by atoms with Crippen LogP contribution in [0.1, 0.15) is 28.5 Å². The van der Waals surface area contributed by atoms with Crippen LogP contribution >= 0.6 is 11.8 Å². The molecule has 0 aliphatic heterocycles. The summed E-state index contributed by atoms with van der Waals surface area (Å²) in [6.07, 6.45) is 0. The molecular weight excluding hydrogens is 394 g/mol. The van der Waals surface area contributed by atoms with E-state index in [1.807, 2.05) is 73.3 Å². The van der Waals surface area contributed by atoms with Crippen molar-refractivity contribution < 1.29 is 14.6 Å². The molecule has 1 heterocycles. The van der Waals surface area contributed by atoms with Gasteiger partial charge in [-0.3, -0.25) is 0 Å². The Morgan fingerprint density at radius 1 is 1.03 bits per heavy atom. The lowest BCUT2D eigenvalue weighted by Crippen LogP contribution is -2.09. The number of phenols is 1. The number of phenolic OH excluding ortho intramolecular Hbond substituents is 1. The number of carbonyl (C=O) groups excluding carboxylic acids is 1. The molecule has 0 aliphatic carbocycles. The molecule has 4 rings (SSSR count). The lowest BCUT2D eigenvalue weighted by atomic mass is 10.0. The minimum atomic E-state index is -0.363. The average Bonchev–Trinajstić information content (AvgIpc) is 3.04. The Balaban J connectivity index is 1.82. The molecule has 3 aromatic carbocycles. The minimum Gasteiger partial charge on any atom is -0.507 e. The summed E-state index contributed by atoms with van der Waals surface area (Å²) in [5.74, 6) is 1.81. The Labute approximate surface area is 180 Å². The summed E-state index contributed by atoms with van der Waals surface area (Å²) in [7, 11) is 0. The number of esters is 1. The third-order valence-corrected chi connectivity index (χ3v) is 6.26. The fourth-order valence-corrected chi connectivity index (χ4v) is 4.55. The standard InChI is InChI=1S/C25H25NO3S/c1-3-30-14-13-26-17(2)23(25(28)29-16-18-9-5-4-6-10-18)21-15-22(27)19-11-7-8-12-20(19)24(21)26/h4-12,15,27H,3,13-14,16H2,1-2H3. The van der Waals surface area contributed by atoms with Crippen molar-refractivity contribution in [1.82, 2.24) is 4.57 Å². The van der Waals surface area contributed by atoms with Crippen molar-refractivity contribution in [3.63, 3.8) is 0 Å². The molecule has 0 atom stereocenters. The lowest BCUT2D eigenvalue weighted by molar-refractivity contribution is 0.0474. The Hall–Kier alpha value is -2.92. The van der Waals surface area contributed by atoms with Crippen LogP contribution in [0.15, 0.2) is 60.7 Å². The van der Waals surface area contributed by atoms with Crippen LogP contribution in [0.5, 0.6) is 5.75 Å². The third kappa shape index (κ3) is 3.77. The van der Waals surface area contributed by atoms with E-state index in [0.717, 1.165) is 51.0 Å². The van der Waals surface area contributed by atoms with Gasteiger partial charge in [0.25, 0.3) is 0 Å². The largest absolute Gasteiger partial charge is 0.507 e. The van der Waals surface area contributed by atoms with E-state index in [2.05, 4.69) is 11.5 Å². The Kier molecular flexibility index (Phi) is 6.00. The first-order valence-corrected chi connectivity index (χ1v) is 11.3. The highest BCUT2D eigenvalue weighted by molar-refractivity contribution is 7.99. The van der Waals surface area contributed by atoms with Gasteiger partial charge in [0.05, 0.1) is 11.1 Å². The van der Waals surface area contributed by atoms with Gasteiger partial charge in [-0.2, -0.15) is 11.8 Å². The first kappa shape index (κ1) is 20.4. The average molecular weight is 420 g/mol.